The van der Waals surface area contributed by atoms with E-state index < -0.39 is 28.8 Å². The van der Waals surface area contributed by atoms with Gasteiger partial charge in [-0.25, -0.2) is 18.2 Å². The summed E-state index contributed by atoms with van der Waals surface area (Å²) in [5.41, 5.74) is 4.64. The van der Waals surface area contributed by atoms with Crippen LogP contribution in [-0.2, 0) is 0 Å². The molecular formula is C12H6ClF3N2O. The predicted molar refractivity (Wildman–Crippen MR) is 63.4 cm³/mol. The second-order valence-corrected chi connectivity index (χ2v) is 4.07. The Bertz CT molecular complexity index is 676. The van der Waals surface area contributed by atoms with Gasteiger partial charge in [0.1, 0.15) is 5.82 Å². The number of benzene rings is 1. The molecule has 2 N–H and O–H groups in total. The van der Waals surface area contributed by atoms with E-state index in [9.17, 15) is 18.0 Å². The molecule has 3 nitrogen and oxygen atoms in total. The highest BCUT2D eigenvalue weighted by molar-refractivity contribution is 6.31. The zero-order valence-electron chi connectivity index (χ0n) is 9.25. The number of rotatable bonds is 2. The highest BCUT2D eigenvalue weighted by Gasteiger charge is 2.22. The van der Waals surface area contributed by atoms with Crippen LogP contribution in [0, 0.1) is 17.5 Å². The van der Waals surface area contributed by atoms with Crippen molar-refractivity contribution >= 4 is 23.2 Å². The van der Waals surface area contributed by atoms with Gasteiger partial charge in [-0.15, -0.1) is 0 Å². The zero-order chi connectivity index (χ0) is 14.2. The van der Waals surface area contributed by atoms with Gasteiger partial charge in [0.15, 0.2) is 23.2 Å². The third-order valence-corrected chi connectivity index (χ3v) is 2.62. The first-order chi connectivity index (χ1) is 8.91. The fourth-order valence-corrected chi connectivity index (χ4v) is 1.64. The molecule has 0 fully saturated rings. The van der Waals surface area contributed by atoms with Crippen LogP contribution in [0.25, 0.3) is 0 Å². The monoisotopic (exact) mass is 286 g/mol. The summed E-state index contributed by atoms with van der Waals surface area (Å²) in [6.45, 7) is 0. The van der Waals surface area contributed by atoms with Crippen molar-refractivity contribution < 1.29 is 18.0 Å². The summed E-state index contributed by atoms with van der Waals surface area (Å²) in [6.07, 6.45) is 1.20. The summed E-state index contributed by atoms with van der Waals surface area (Å²) in [5, 5.41) is 0.112. The standard InChI is InChI=1S/C12H6ClF3N2O/c13-5-3-7(12(17)18-4-5)11(19)6-1-2-8(14)10(16)9(6)15/h1-4H,(H2,17,18). The van der Waals surface area contributed by atoms with Gasteiger partial charge in [0, 0.05) is 6.20 Å². The Morgan fingerprint density at radius 1 is 1.16 bits per heavy atom. The number of carbonyl (C=O) groups is 1. The number of nitrogen functional groups attached to an aromatic ring is 1. The predicted octanol–water partition coefficient (Wildman–Crippen LogP) is 2.97. The lowest BCUT2D eigenvalue weighted by Gasteiger charge is -2.06. The molecule has 0 atom stereocenters. The normalized spacial score (nSPS) is 10.5. The van der Waals surface area contributed by atoms with Gasteiger partial charge in [-0.3, -0.25) is 4.79 Å². The number of carbonyl (C=O) groups excluding carboxylic acids is 1. The summed E-state index contributed by atoms with van der Waals surface area (Å²) in [5.74, 6) is -5.79. The number of aromatic nitrogens is 1. The van der Waals surface area contributed by atoms with Gasteiger partial charge in [0.2, 0.25) is 0 Å². The number of hydrogen-bond donors (Lipinski definition) is 1. The van der Waals surface area contributed by atoms with Crippen LogP contribution in [0.3, 0.4) is 0 Å². The molecule has 0 aliphatic carbocycles. The molecule has 1 heterocycles. The van der Waals surface area contributed by atoms with E-state index in [2.05, 4.69) is 4.98 Å². The van der Waals surface area contributed by atoms with E-state index >= 15 is 0 Å². The van der Waals surface area contributed by atoms with Gasteiger partial charge >= 0.3 is 0 Å². The maximum atomic E-state index is 13.5. The Labute approximate surface area is 110 Å². The van der Waals surface area contributed by atoms with Crippen molar-refractivity contribution in [2.75, 3.05) is 5.73 Å². The van der Waals surface area contributed by atoms with E-state index in [4.69, 9.17) is 17.3 Å². The van der Waals surface area contributed by atoms with Gasteiger partial charge in [-0.1, -0.05) is 11.6 Å². The zero-order valence-corrected chi connectivity index (χ0v) is 10.0. The molecule has 7 heteroatoms. The average molecular weight is 287 g/mol. The van der Waals surface area contributed by atoms with E-state index in [1.54, 1.807) is 0 Å². The van der Waals surface area contributed by atoms with Gasteiger partial charge in [0.25, 0.3) is 0 Å². The minimum Gasteiger partial charge on any atom is -0.383 e. The lowest BCUT2D eigenvalue weighted by atomic mass is 10.0. The van der Waals surface area contributed by atoms with Gasteiger partial charge in [0.05, 0.1) is 16.1 Å². The smallest absolute Gasteiger partial charge is 0.199 e. The maximum Gasteiger partial charge on any atom is 0.199 e. The second kappa shape index (κ2) is 4.89. The van der Waals surface area contributed by atoms with Crippen LogP contribution in [-0.4, -0.2) is 10.8 Å². The largest absolute Gasteiger partial charge is 0.383 e. The van der Waals surface area contributed by atoms with Crippen LogP contribution in [0.1, 0.15) is 15.9 Å². The van der Waals surface area contributed by atoms with E-state index in [0.717, 1.165) is 6.07 Å². The van der Waals surface area contributed by atoms with Crippen molar-refractivity contribution in [3.8, 4) is 0 Å². The molecule has 0 radical (unpaired) electrons. The van der Waals surface area contributed by atoms with Crippen LogP contribution in [0.2, 0.25) is 5.02 Å². The van der Waals surface area contributed by atoms with E-state index in [1.807, 2.05) is 0 Å². The number of nitrogens with zero attached hydrogens (tertiary/aromatic N) is 1. The van der Waals surface area contributed by atoms with Crippen molar-refractivity contribution in [3.05, 3.63) is 58.0 Å². The van der Waals surface area contributed by atoms with Crippen molar-refractivity contribution in [2.45, 2.75) is 0 Å². The van der Waals surface area contributed by atoms with Crippen LogP contribution in [0.15, 0.2) is 24.4 Å². The molecule has 0 aliphatic heterocycles. The summed E-state index contributed by atoms with van der Waals surface area (Å²) in [4.78, 5) is 15.6. The lowest BCUT2D eigenvalue weighted by molar-refractivity contribution is 0.103. The highest BCUT2D eigenvalue weighted by atomic mass is 35.5. The van der Waals surface area contributed by atoms with Crippen molar-refractivity contribution in [1.29, 1.82) is 0 Å². The van der Waals surface area contributed by atoms with Gasteiger partial charge < -0.3 is 5.73 Å². The summed E-state index contributed by atoms with van der Waals surface area (Å²) >= 11 is 5.65. The second-order valence-electron chi connectivity index (χ2n) is 3.64. The summed E-state index contributed by atoms with van der Waals surface area (Å²) in [7, 11) is 0. The number of ketones is 1. The van der Waals surface area contributed by atoms with Crippen molar-refractivity contribution in [1.82, 2.24) is 4.98 Å². The maximum absolute atomic E-state index is 13.5. The third-order valence-electron chi connectivity index (χ3n) is 2.41. The van der Waals surface area contributed by atoms with Gasteiger partial charge in [-0.2, -0.15) is 0 Å². The minimum absolute atomic E-state index is 0.112. The molecule has 0 unspecified atom stereocenters. The molecule has 0 spiro atoms. The Morgan fingerprint density at radius 2 is 1.84 bits per heavy atom. The summed E-state index contributed by atoms with van der Waals surface area (Å²) in [6, 6.07) is 2.66. The van der Waals surface area contributed by atoms with Crippen LogP contribution in [0.4, 0.5) is 19.0 Å². The Morgan fingerprint density at radius 3 is 2.53 bits per heavy atom. The molecule has 0 amide bonds. The van der Waals surface area contributed by atoms with E-state index in [-0.39, 0.29) is 16.4 Å². The first kappa shape index (κ1) is 13.4. The molecule has 0 aliphatic rings. The Kier molecular flexibility index (Phi) is 3.44. The fraction of sp³-hybridized carbons (Fsp3) is 0. The Hall–Kier alpha value is -2.08. The molecular weight excluding hydrogens is 281 g/mol. The molecule has 98 valence electrons. The molecule has 1 aromatic carbocycles. The van der Waals surface area contributed by atoms with E-state index in [1.165, 1.54) is 12.3 Å². The molecule has 0 saturated carbocycles. The van der Waals surface area contributed by atoms with Crippen LogP contribution < -0.4 is 5.73 Å². The lowest BCUT2D eigenvalue weighted by Crippen LogP contribution is -2.10. The van der Waals surface area contributed by atoms with E-state index in [0.29, 0.717) is 6.07 Å². The number of nitrogens with two attached hydrogens (primary N) is 1. The average Bonchev–Trinajstić information content (AvgIpc) is 2.38. The first-order valence-electron chi connectivity index (χ1n) is 5.01. The fourth-order valence-electron chi connectivity index (χ4n) is 1.48. The number of anilines is 1. The number of halogens is 4. The number of pyridine rings is 1. The molecule has 0 bridgehead atoms. The molecule has 2 aromatic rings. The van der Waals surface area contributed by atoms with Crippen LogP contribution in [0.5, 0.6) is 0 Å². The SMILES string of the molecule is Nc1ncc(Cl)cc1C(=O)c1ccc(F)c(F)c1F. The topological polar surface area (TPSA) is 56.0 Å². The third kappa shape index (κ3) is 2.39. The highest BCUT2D eigenvalue weighted by Crippen LogP contribution is 2.22. The minimum atomic E-state index is -1.72. The van der Waals surface area contributed by atoms with Crippen molar-refractivity contribution in [2.24, 2.45) is 0 Å². The molecule has 19 heavy (non-hydrogen) atoms. The number of hydrogen-bond acceptors (Lipinski definition) is 3. The molecule has 1 aromatic heterocycles. The molecule has 0 saturated heterocycles. The summed E-state index contributed by atoms with van der Waals surface area (Å²) < 4.78 is 39.4. The Balaban J connectivity index is 2.56. The molecule has 2 rings (SSSR count). The van der Waals surface area contributed by atoms with Gasteiger partial charge in [-0.05, 0) is 18.2 Å². The quantitative estimate of drug-likeness (QED) is 0.682. The first-order valence-corrected chi connectivity index (χ1v) is 5.39. The van der Waals surface area contributed by atoms with Crippen molar-refractivity contribution in [3.63, 3.8) is 0 Å². The van der Waals surface area contributed by atoms with Crippen LogP contribution >= 0.6 is 11.6 Å².